The molecule has 160 valence electrons. The molecule has 4 heterocycles. The zero-order valence-corrected chi connectivity index (χ0v) is 19.0. The first kappa shape index (κ1) is 20.7. The number of halogens is 1. The number of hydrogen-bond acceptors (Lipinski definition) is 4. The Bertz CT molecular complexity index is 1250. The smallest absolute Gasteiger partial charge is 0.170 e. The van der Waals surface area contributed by atoms with Gasteiger partial charge in [0.1, 0.15) is 17.6 Å². The minimum atomic E-state index is -0.161. The first-order valence-corrected chi connectivity index (χ1v) is 11.1. The summed E-state index contributed by atoms with van der Waals surface area (Å²) < 4.78 is 6.41. The lowest BCUT2D eigenvalue weighted by Gasteiger charge is -2.26. The van der Waals surface area contributed by atoms with E-state index >= 15 is 0 Å². The van der Waals surface area contributed by atoms with Crippen molar-refractivity contribution in [2.24, 2.45) is 0 Å². The van der Waals surface area contributed by atoms with Gasteiger partial charge in [-0.05, 0) is 72.7 Å². The highest BCUT2D eigenvalue weighted by molar-refractivity contribution is 7.80. The second-order valence-corrected chi connectivity index (χ2v) is 8.60. The van der Waals surface area contributed by atoms with Crippen molar-refractivity contribution in [1.29, 1.82) is 0 Å². The molecule has 0 spiro atoms. The average molecular weight is 461 g/mol. The molecule has 0 bridgehead atoms. The number of aromatic nitrogens is 2. The number of thiocarbonyl (C=S) groups is 1. The summed E-state index contributed by atoms with van der Waals surface area (Å²) in [5, 5.41) is 4.79. The maximum Gasteiger partial charge on any atom is 0.170 e. The van der Waals surface area contributed by atoms with Crippen LogP contribution in [0.5, 0.6) is 0 Å². The predicted octanol–water partition coefficient (Wildman–Crippen LogP) is 5.87. The Morgan fingerprint density at radius 1 is 1.09 bits per heavy atom. The molecule has 0 unspecified atom stereocenters. The van der Waals surface area contributed by atoms with Crippen LogP contribution in [0.15, 0.2) is 83.7 Å². The lowest BCUT2D eigenvalue weighted by molar-refractivity contribution is 0.269. The molecule has 4 aromatic rings. The summed E-state index contributed by atoms with van der Waals surface area (Å²) in [5.41, 5.74) is 4.06. The molecule has 0 saturated carbocycles. The molecule has 2 atom stereocenters. The molecular formula is C25H21ClN4OS. The van der Waals surface area contributed by atoms with Gasteiger partial charge in [0.05, 0.1) is 11.7 Å². The summed E-state index contributed by atoms with van der Waals surface area (Å²) in [5.74, 6) is 1.59. The standard InChI is InChI=1S/C25H21ClN4OS/c1-16-7-8-18(26)13-19(16)21-9-10-22(31-21)24-23(20-6-2-3-12-28-20)29-25(32)30(24)15-17-5-4-11-27-14-17/h2-14,23-24H,15H2,1H3,(H,29,32)/t23-,24-/m0/s1. The van der Waals surface area contributed by atoms with E-state index in [1.807, 2.05) is 73.8 Å². The minimum Gasteiger partial charge on any atom is -0.459 e. The third kappa shape index (κ3) is 3.99. The van der Waals surface area contributed by atoms with Crippen LogP contribution in [0.3, 0.4) is 0 Å². The lowest BCUT2D eigenvalue weighted by atomic mass is 10.0. The molecular weight excluding hydrogens is 440 g/mol. The maximum atomic E-state index is 6.41. The van der Waals surface area contributed by atoms with Gasteiger partial charge in [-0.2, -0.15) is 0 Å². The number of furan rings is 1. The van der Waals surface area contributed by atoms with Crippen LogP contribution in [-0.4, -0.2) is 20.0 Å². The zero-order chi connectivity index (χ0) is 22.1. The molecule has 1 saturated heterocycles. The van der Waals surface area contributed by atoms with Crippen LogP contribution in [0.2, 0.25) is 5.02 Å². The Balaban J connectivity index is 1.56. The van der Waals surface area contributed by atoms with Gasteiger partial charge in [-0.15, -0.1) is 0 Å². The molecule has 1 aliphatic heterocycles. The van der Waals surface area contributed by atoms with Gasteiger partial charge in [0.2, 0.25) is 0 Å². The largest absolute Gasteiger partial charge is 0.459 e. The van der Waals surface area contributed by atoms with Crippen LogP contribution in [-0.2, 0) is 6.54 Å². The van der Waals surface area contributed by atoms with E-state index in [9.17, 15) is 0 Å². The van der Waals surface area contributed by atoms with Crippen LogP contribution in [0.25, 0.3) is 11.3 Å². The van der Waals surface area contributed by atoms with Crippen molar-refractivity contribution in [2.75, 3.05) is 0 Å². The van der Waals surface area contributed by atoms with Crippen molar-refractivity contribution in [3.8, 4) is 11.3 Å². The van der Waals surface area contributed by atoms with E-state index in [4.69, 9.17) is 28.2 Å². The fourth-order valence-electron chi connectivity index (χ4n) is 4.09. The number of nitrogens with zero attached hydrogens (tertiary/aromatic N) is 3. The van der Waals surface area contributed by atoms with Gasteiger partial charge >= 0.3 is 0 Å². The number of nitrogens with one attached hydrogen (secondary N) is 1. The lowest BCUT2D eigenvalue weighted by Crippen LogP contribution is -2.29. The highest BCUT2D eigenvalue weighted by Crippen LogP contribution is 2.41. The summed E-state index contributed by atoms with van der Waals surface area (Å²) in [6.07, 6.45) is 5.42. The molecule has 1 aliphatic rings. The quantitative estimate of drug-likeness (QED) is 0.376. The van der Waals surface area contributed by atoms with Crippen LogP contribution in [0.4, 0.5) is 0 Å². The zero-order valence-electron chi connectivity index (χ0n) is 17.4. The number of rotatable bonds is 5. The molecule has 7 heteroatoms. The Morgan fingerprint density at radius 2 is 2.00 bits per heavy atom. The SMILES string of the molecule is Cc1ccc(Cl)cc1-c1ccc([C@H]2[C@H](c3ccccn3)NC(=S)N2Cc2cccnc2)o1. The Kier molecular flexibility index (Phi) is 5.64. The van der Waals surface area contributed by atoms with Crippen molar-refractivity contribution in [3.63, 3.8) is 0 Å². The predicted molar refractivity (Wildman–Crippen MR) is 129 cm³/mol. The summed E-state index contributed by atoms with van der Waals surface area (Å²) in [4.78, 5) is 11.0. The third-order valence-electron chi connectivity index (χ3n) is 5.66. The van der Waals surface area contributed by atoms with Gasteiger partial charge in [-0.25, -0.2) is 0 Å². The van der Waals surface area contributed by atoms with E-state index < -0.39 is 0 Å². The van der Waals surface area contributed by atoms with Crippen molar-refractivity contribution >= 4 is 28.9 Å². The third-order valence-corrected chi connectivity index (χ3v) is 6.24. The Hall–Kier alpha value is -3.22. The molecule has 5 nitrogen and oxygen atoms in total. The molecule has 0 amide bonds. The normalized spacial score (nSPS) is 18.1. The average Bonchev–Trinajstić information content (AvgIpc) is 3.42. The Morgan fingerprint density at radius 3 is 2.78 bits per heavy atom. The Labute approximate surface area is 197 Å². The van der Waals surface area contributed by atoms with Crippen molar-refractivity contribution < 1.29 is 4.42 Å². The summed E-state index contributed by atoms with van der Waals surface area (Å²) in [6, 6.07) is 19.4. The van der Waals surface area contributed by atoms with Crippen LogP contribution in [0.1, 0.15) is 34.7 Å². The van der Waals surface area contributed by atoms with Crippen LogP contribution in [0, 0.1) is 6.92 Å². The van der Waals surface area contributed by atoms with Gasteiger partial charge in [0.15, 0.2) is 5.11 Å². The first-order chi connectivity index (χ1) is 15.6. The molecule has 1 fully saturated rings. The molecule has 1 aromatic carbocycles. The number of pyridine rings is 2. The summed E-state index contributed by atoms with van der Waals surface area (Å²) in [6.45, 7) is 2.66. The van der Waals surface area contributed by atoms with E-state index in [0.29, 0.717) is 16.7 Å². The topological polar surface area (TPSA) is 54.2 Å². The van der Waals surface area contributed by atoms with E-state index in [1.165, 1.54) is 0 Å². The fourth-order valence-corrected chi connectivity index (χ4v) is 4.57. The van der Waals surface area contributed by atoms with Crippen LogP contribution < -0.4 is 5.32 Å². The van der Waals surface area contributed by atoms with Crippen LogP contribution >= 0.6 is 23.8 Å². The van der Waals surface area contributed by atoms with Gasteiger partial charge in [0.25, 0.3) is 0 Å². The number of aryl methyl sites for hydroxylation is 1. The fraction of sp³-hybridized carbons (Fsp3) is 0.160. The monoisotopic (exact) mass is 460 g/mol. The van der Waals surface area contributed by atoms with E-state index in [2.05, 4.69) is 20.2 Å². The van der Waals surface area contributed by atoms with Crippen molar-refractivity contribution in [1.82, 2.24) is 20.2 Å². The molecule has 0 radical (unpaired) electrons. The second-order valence-electron chi connectivity index (χ2n) is 7.78. The molecule has 3 aromatic heterocycles. The van der Waals surface area contributed by atoms with E-state index in [-0.39, 0.29) is 12.1 Å². The van der Waals surface area contributed by atoms with Gasteiger partial charge in [-0.3, -0.25) is 9.97 Å². The summed E-state index contributed by atoms with van der Waals surface area (Å²) >= 11 is 12.0. The molecule has 5 rings (SSSR count). The minimum absolute atomic E-state index is 0.139. The molecule has 32 heavy (non-hydrogen) atoms. The maximum absolute atomic E-state index is 6.41. The molecule has 0 aliphatic carbocycles. The summed E-state index contributed by atoms with van der Waals surface area (Å²) in [7, 11) is 0. The second kappa shape index (κ2) is 8.73. The van der Waals surface area contributed by atoms with Gasteiger partial charge in [-0.1, -0.05) is 29.8 Å². The number of hydrogen-bond donors (Lipinski definition) is 1. The van der Waals surface area contributed by atoms with E-state index in [1.54, 1.807) is 12.4 Å². The highest BCUT2D eigenvalue weighted by Gasteiger charge is 2.41. The van der Waals surface area contributed by atoms with Gasteiger partial charge < -0.3 is 14.6 Å². The van der Waals surface area contributed by atoms with Crippen molar-refractivity contribution in [2.45, 2.75) is 25.6 Å². The number of benzene rings is 1. The molecule has 1 N–H and O–H groups in total. The van der Waals surface area contributed by atoms with Crippen molar-refractivity contribution in [3.05, 3.63) is 107 Å². The highest BCUT2D eigenvalue weighted by atomic mass is 35.5. The van der Waals surface area contributed by atoms with Gasteiger partial charge in [0, 0.05) is 35.7 Å². The first-order valence-electron chi connectivity index (χ1n) is 10.3. The van der Waals surface area contributed by atoms with E-state index in [0.717, 1.165) is 33.9 Å².